The predicted octanol–water partition coefficient (Wildman–Crippen LogP) is 1.59. The van der Waals surface area contributed by atoms with Crippen molar-refractivity contribution in [1.82, 2.24) is 10.2 Å². The summed E-state index contributed by atoms with van der Waals surface area (Å²) in [7, 11) is 0. The molecule has 1 unspecified atom stereocenters. The van der Waals surface area contributed by atoms with Crippen LogP contribution < -0.4 is 10.6 Å². The molecule has 3 atom stereocenters. The normalized spacial score (nSPS) is 27.0. The van der Waals surface area contributed by atoms with Crippen LogP contribution in [0.3, 0.4) is 0 Å². The molecule has 3 aliphatic heterocycles. The second-order valence-corrected chi connectivity index (χ2v) is 9.57. The van der Waals surface area contributed by atoms with Crippen molar-refractivity contribution in [3.8, 4) is 0 Å². The standard InChI is InChI=1S/C26H28FN3O6/c1-4-26(35)16-9-21-18(7-8-30(21)24(33)15(16)11-36-25(26)34)29-20-10-17(27)12(2)14-5-6-19(28-13(3)31)23(32)22(14)20/h7,9-10,19,24,29,33,35H,4-6,8,11H2,1-3H3,(H,28,31)/t19-,24?,26+/m1/s1. The number of hydrogen-bond acceptors (Lipinski definition) is 8. The topological polar surface area (TPSA) is 128 Å². The van der Waals surface area contributed by atoms with Gasteiger partial charge in [-0.2, -0.15) is 0 Å². The minimum Gasteiger partial charge on any atom is -0.459 e. The van der Waals surface area contributed by atoms with Crippen LogP contribution in [0.2, 0.25) is 0 Å². The second kappa shape index (κ2) is 8.56. The summed E-state index contributed by atoms with van der Waals surface area (Å²) in [6.45, 7) is 4.80. The summed E-state index contributed by atoms with van der Waals surface area (Å²) < 4.78 is 20.0. The molecule has 1 aromatic carbocycles. The number of amides is 1. The third-order valence-corrected chi connectivity index (χ3v) is 7.51. The third kappa shape index (κ3) is 3.55. The summed E-state index contributed by atoms with van der Waals surface area (Å²) >= 11 is 0. The Hall–Kier alpha value is -3.50. The fraction of sp³-hybridized carbons (Fsp3) is 0.423. The van der Waals surface area contributed by atoms with E-state index in [1.807, 2.05) is 0 Å². The zero-order chi connectivity index (χ0) is 25.9. The van der Waals surface area contributed by atoms with E-state index in [1.165, 1.54) is 13.0 Å². The van der Waals surface area contributed by atoms with Crippen LogP contribution in [0.15, 0.2) is 40.8 Å². The highest BCUT2D eigenvalue weighted by molar-refractivity contribution is 6.08. The van der Waals surface area contributed by atoms with Gasteiger partial charge < -0.3 is 30.5 Å². The SMILES string of the molecule is CC[C@@]1(O)C(=O)OCC2=C1C=C1C(Nc3cc(F)c(C)c4c3C(=O)[C@H](NC(C)=O)CC4)=CCN1C2O. The number of carbonyl (C=O) groups is 3. The minimum absolute atomic E-state index is 0.0589. The monoisotopic (exact) mass is 497 g/mol. The largest absolute Gasteiger partial charge is 0.459 e. The first kappa shape index (κ1) is 24.2. The van der Waals surface area contributed by atoms with Gasteiger partial charge in [0.2, 0.25) is 5.91 Å². The number of fused-ring (bicyclic) bond motifs is 2. The molecule has 9 nitrogen and oxygen atoms in total. The van der Waals surface area contributed by atoms with Crippen LogP contribution in [0, 0.1) is 12.7 Å². The first-order chi connectivity index (χ1) is 17.1. The van der Waals surface area contributed by atoms with E-state index < -0.39 is 29.7 Å². The highest BCUT2D eigenvalue weighted by Crippen LogP contribution is 2.42. The van der Waals surface area contributed by atoms with E-state index >= 15 is 0 Å². The summed E-state index contributed by atoms with van der Waals surface area (Å²) in [6, 6.07) is 0.557. The quantitative estimate of drug-likeness (QED) is 0.462. The molecule has 4 N–H and O–H groups in total. The lowest BCUT2D eigenvalue weighted by Crippen LogP contribution is -2.51. The highest BCUT2D eigenvalue weighted by atomic mass is 19.1. The summed E-state index contributed by atoms with van der Waals surface area (Å²) in [4.78, 5) is 39.0. The highest BCUT2D eigenvalue weighted by Gasteiger charge is 2.49. The number of benzene rings is 1. The fourth-order valence-electron chi connectivity index (χ4n) is 5.47. The fourth-order valence-corrected chi connectivity index (χ4v) is 5.47. The molecule has 0 bridgehead atoms. The average Bonchev–Trinajstić information content (AvgIpc) is 3.24. The molecule has 3 heterocycles. The molecule has 10 heteroatoms. The van der Waals surface area contributed by atoms with Crippen molar-refractivity contribution >= 4 is 23.3 Å². The van der Waals surface area contributed by atoms with Crippen LogP contribution in [-0.2, 0) is 20.7 Å². The van der Waals surface area contributed by atoms with E-state index in [0.717, 1.165) is 0 Å². The van der Waals surface area contributed by atoms with Gasteiger partial charge in [0.25, 0.3) is 0 Å². The van der Waals surface area contributed by atoms with Gasteiger partial charge in [0.05, 0.1) is 23.1 Å². The molecule has 0 saturated heterocycles. The Bertz CT molecular complexity index is 1300. The van der Waals surface area contributed by atoms with Crippen LogP contribution in [0.1, 0.15) is 48.2 Å². The molecule has 190 valence electrons. The van der Waals surface area contributed by atoms with Gasteiger partial charge >= 0.3 is 5.97 Å². The van der Waals surface area contributed by atoms with Crippen molar-refractivity contribution in [1.29, 1.82) is 0 Å². The molecule has 0 saturated carbocycles. The van der Waals surface area contributed by atoms with Gasteiger partial charge in [0.15, 0.2) is 17.6 Å². The Morgan fingerprint density at radius 3 is 2.81 bits per heavy atom. The zero-order valence-electron chi connectivity index (χ0n) is 20.3. The van der Waals surface area contributed by atoms with Crippen molar-refractivity contribution in [2.45, 2.75) is 57.9 Å². The lowest BCUT2D eigenvalue weighted by molar-refractivity contribution is -0.164. The Labute approximate surface area is 207 Å². The number of esters is 1. The Kier molecular flexibility index (Phi) is 5.76. The van der Waals surface area contributed by atoms with Crippen LogP contribution in [-0.4, -0.2) is 63.8 Å². The Morgan fingerprint density at radius 1 is 1.36 bits per heavy atom. The van der Waals surface area contributed by atoms with Crippen LogP contribution in [0.4, 0.5) is 10.1 Å². The number of nitrogens with zero attached hydrogens (tertiary/aromatic N) is 1. The maximum Gasteiger partial charge on any atom is 0.343 e. The average molecular weight is 498 g/mol. The number of ketones is 1. The van der Waals surface area contributed by atoms with Crippen LogP contribution in [0.5, 0.6) is 0 Å². The van der Waals surface area contributed by atoms with Gasteiger partial charge in [-0.25, -0.2) is 9.18 Å². The maximum atomic E-state index is 14.9. The number of aliphatic hydroxyl groups excluding tert-OH is 1. The van der Waals surface area contributed by atoms with Gasteiger partial charge in [-0.15, -0.1) is 0 Å². The minimum atomic E-state index is -1.89. The lowest BCUT2D eigenvalue weighted by atomic mass is 9.82. The Balaban J connectivity index is 1.55. The van der Waals surface area contributed by atoms with E-state index in [-0.39, 0.29) is 36.0 Å². The summed E-state index contributed by atoms with van der Waals surface area (Å²) in [5.74, 6) is -1.86. The Morgan fingerprint density at radius 2 is 2.11 bits per heavy atom. The molecule has 1 amide bonds. The molecule has 0 fully saturated rings. The number of carbonyl (C=O) groups excluding carboxylic acids is 3. The molecule has 0 radical (unpaired) electrons. The van der Waals surface area contributed by atoms with Crippen molar-refractivity contribution < 1.29 is 33.7 Å². The first-order valence-corrected chi connectivity index (χ1v) is 12.0. The number of Topliss-reactive ketones (excluding diaryl/α,β-unsaturated/α-hetero) is 1. The number of rotatable bonds is 4. The molecule has 1 aromatic rings. The molecule has 0 spiro atoms. The van der Waals surface area contributed by atoms with Crippen LogP contribution in [0.25, 0.3) is 0 Å². The van der Waals surface area contributed by atoms with Crippen LogP contribution >= 0.6 is 0 Å². The zero-order valence-corrected chi connectivity index (χ0v) is 20.3. The van der Waals surface area contributed by atoms with Gasteiger partial charge in [-0.1, -0.05) is 6.92 Å². The smallest absolute Gasteiger partial charge is 0.343 e. The van der Waals surface area contributed by atoms with Crippen molar-refractivity contribution in [3.63, 3.8) is 0 Å². The predicted molar refractivity (Wildman–Crippen MR) is 127 cm³/mol. The van der Waals surface area contributed by atoms with E-state index in [1.54, 1.807) is 30.9 Å². The summed E-state index contributed by atoms with van der Waals surface area (Å²) in [5, 5.41) is 27.9. The molecular formula is C26H28FN3O6. The molecule has 1 aliphatic carbocycles. The number of halogens is 1. The molecule has 5 rings (SSSR count). The number of cyclic esters (lactones) is 1. The van der Waals surface area contributed by atoms with Gasteiger partial charge in [-0.3, -0.25) is 9.59 Å². The van der Waals surface area contributed by atoms with E-state index in [2.05, 4.69) is 10.6 Å². The van der Waals surface area contributed by atoms with Gasteiger partial charge in [0.1, 0.15) is 12.4 Å². The van der Waals surface area contributed by atoms with Gasteiger partial charge in [0, 0.05) is 30.2 Å². The van der Waals surface area contributed by atoms with Crippen molar-refractivity contribution in [2.75, 3.05) is 18.5 Å². The summed E-state index contributed by atoms with van der Waals surface area (Å²) in [6.07, 6.45) is 3.16. The number of anilines is 1. The molecule has 36 heavy (non-hydrogen) atoms. The number of aliphatic hydroxyl groups is 2. The number of hydrogen-bond donors (Lipinski definition) is 4. The second-order valence-electron chi connectivity index (χ2n) is 9.57. The van der Waals surface area contributed by atoms with Gasteiger partial charge in [-0.05, 0) is 55.5 Å². The van der Waals surface area contributed by atoms with Crippen molar-refractivity contribution in [3.05, 3.63) is 63.3 Å². The number of ether oxygens (including phenoxy) is 1. The van der Waals surface area contributed by atoms with Crippen molar-refractivity contribution in [2.24, 2.45) is 0 Å². The lowest BCUT2D eigenvalue weighted by Gasteiger charge is -2.41. The molecule has 4 aliphatic rings. The molecular weight excluding hydrogens is 469 g/mol. The summed E-state index contributed by atoms with van der Waals surface area (Å²) in [5.41, 5.74) is 1.36. The van der Waals surface area contributed by atoms with E-state index in [0.29, 0.717) is 53.0 Å². The molecule has 0 aromatic heterocycles. The maximum absolute atomic E-state index is 14.9. The first-order valence-electron chi connectivity index (χ1n) is 12.0. The van der Waals surface area contributed by atoms with E-state index in [4.69, 9.17) is 4.74 Å². The number of nitrogens with one attached hydrogen (secondary N) is 2. The van der Waals surface area contributed by atoms with E-state index in [9.17, 15) is 29.0 Å². The third-order valence-electron chi connectivity index (χ3n) is 7.51.